The predicted octanol–water partition coefficient (Wildman–Crippen LogP) is 7.60. The van der Waals surface area contributed by atoms with Crippen molar-refractivity contribution in [2.45, 2.75) is 76.9 Å². The molecule has 2 nitrogen and oxygen atoms in total. The molecular weight excluding hydrogens is 427 g/mol. The summed E-state index contributed by atoms with van der Waals surface area (Å²) >= 11 is 0. The van der Waals surface area contributed by atoms with E-state index in [0.717, 1.165) is 24.5 Å². The van der Waals surface area contributed by atoms with Crippen molar-refractivity contribution in [2.24, 2.45) is 0 Å². The minimum absolute atomic E-state index is 0.00517. The zero-order valence-corrected chi connectivity index (χ0v) is 18.4. The summed E-state index contributed by atoms with van der Waals surface area (Å²) in [6.45, 7) is 3.94. The molecule has 176 valence electrons. The Hall–Kier alpha value is -2.15. The lowest BCUT2D eigenvalue weighted by Crippen LogP contribution is -2.44. The molecule has 0 radical (unpaired) electrons. The molecule has 32 heavy (non-hydrogen) atoms. The highest BCUT2D eigenvalue weighted by molar-refractivity contribution is 5.40. The van der Waals surface area contributed by atoms with Crippen LogP contribution in [0.15, 0.2) is 36.4 Å². The van der Waals surface area contributed by atoms with E-state index in [9.17, 15) is 22.0 Å². The van der Waals surface area contributed by atoms with Gasteiger partial charge < -0.3 is 9.47 Å². The predicted molar refractivity (Wildman–Crippen MR) is 113 cm³/mol. The van der Waals surface area contributed by atoms with Gasteiger partial charge in [0.15, 0.2) is 6.10 Å². The Kier molecular flexibility index (Phi) is 8.15. The van der Waals surface area contributed by atoms with Crippen LogP contribution in [0, 0.1) is 5.82 Å². The summed E-state index contributed by atoms with van der Waals surface area (Å²) in [7, 11) is 0. The van der Waals surface area contributed by atoms with E-state index in [2.05, 4.69) is 11.7 Å². The number of hydrogen-bond acceptors (Lipinski definition) is 2. The molecule has 1 heterocycles. The molecule has 1 fully saturated rings. The number of rotatable bonds is 9. The summed E-state index contributed by atoms with van der Waals surface area (Å²) in [5, 5.41) is 0. The minimum atomic E-state index is -3.86. The maximum atomic E-state index is 14.8. The Bertz CT molecular complexity index is 875. The van der Waals surface area contributed by atoms with E-state index in [1.54, 1.807) is 6.92 Å². The van der Waals surface area contributed by atoms with Gasteiger partial charge in [-0.15, -0.1) is 0 Å². The number of hydrogen-bond donors (Lipinski definition) is 0. The largest absolute Gasteiger partial charge is 0.430 e. The van der Waals surface area contributed by atoms with Gasteiger partial charge in [-0.3, -0.25) is 0 Å². The van der Waals surface area contributed by atoms with Crippen molar-refractivity contribution in [2.75, 3.05) is 6.61 Å². The van der Waals surface area contributed by atoms with Gasteiger partial charge in [-0.05, 0) is 48.4 Å². The maximum Gasteiger partial charge on any atom is 0.424 e. The Balaban J connectivity index is 1.68. The Labute approximate surface area is 185 Å². The van der Waals surface area contributed by atoms with Crippen LogP contribution in [-0.4, -0.2) is 18.8 Å². The zero-order chi connectivity index (χ0) is 23.3. The van der Waals surface area contributed by atoms with Crippen LogP contribution in [0.2, 0.25) is 0 Å². The summed E-state index contributed by atoms with van der Waals surface area (Å²) in [6, 6.07) is 10.3. The third-order valence-electron chi connectivity index (χ3n) is 5.84. The normalized spacial score (nSPS) is 19.4. The molecule has 2 unspecified atom stereocenters. The molecule has 0 aromatic heterocycles. The quantitative estimate of drug-likeness (QED) is 0.362. The van der Waals surface area contributed by atoms with Gasteiger partial charge >= 0.3 is 6.11 Å². The van der Waals surface area contributed by atoms with Gasteiger partial charge in [0.05, 0.1) is 12.2 Å². The minimum Gasteiger partial charge on any atom is -0.430 e. The van der Waals surface area contributed by atoms with Crippen LogP contribution < -0.4 is 4.74 Å². The highest BCUT2D eigenvalue weighted by Gasteiger charge is 2.46. The summed E-state index contributed by atoms with van der Waals surface area (Å²) in [6.07, 6.45) is -5.50. The second-order valence-corrected chi connectivity index (χ2v) is 8.25. The lowest BCUT2D eigenvalue weighted by atomic mass is 9.90. The van der Waals surface area contributed by atoms with E-state index >= 15 is 0 Å². The molecular formula is C25H29F5O2. The van der Waals surface area contributed by atoms with Crippen LogP contribution in [-0.2, 0) is 17.6 Å². The van der Waals surface area contributed by atoms with Gasteiger partial charge in [0, 0.05) is 5.92 Å². The molecule has 0 saturated carbocycles. The first-order chi connectivity index (χ1) is 15.3. The molecule has 3 rings (SSSR count). The molecule has 0 bridgehead atoms. The van der Waals surface area contributed by atoms with Crippen LogP contribution in [0.4, 0.5) is 22.0 Å². The molecule has 1 aliphatic heterocycles. The lowest BCUT2D eigenvalue weighted by Gasteiger charge is -2.34. The lowest BCUT2D eigenvalue weighted by molar-refractivity contribution is -0.262. The van der Waals surface area contributed by atoms with Crippen molar-refractivity contribution < 1.29 is 31.4 Å². The zero-order valence-electron chi connectivity index (χ0n) is 18.4. The van der Waals surface area contributed by atoms with E-state index in [4.69, 9.17) is 4.74 Å². The summed E-state index contributed by atoms with van der Waals surface area (Å²) < 4.78 is 81.0. The average molecular weight is 456 g/mol. The van der Waals surface area contributed by atoms with Gasteiger partial charge in [-0.2, -0.15) is 8.78 Å². The summed E-state index contributed by atoms with van der Waals surface area (Å²) in [5.41, 5.74) is 1.16. The van der Waals surface area contributed by atoms with Crippen LogP contribution in [0.25, 0.3) is 0 Å². The number of ether oxygens (including phenoxy) is 2. The second kappa shape index (κ2) is 10.6. The molecule has 0 N–H and O–H groups in total. The maximum absolute atomic E-state index is 14.8. The molecule has 1 saturated heterocycles. The van der Waals surface area contributed by atoms with E-state index in [0.29, 0.717) is 12.8 Å². The van der Waals surface area contributed by atoms with Crippen molar-refractivity contribution >= 4 is 0 Å². The van der Waals surface area contributed by atoms with Crippen LogP contribution in [0.3, 0.4) is 0 Å². The molecule has 2 aromatic carbocycles. The highest BCUT2D eigenvalue weighted by Crippen LogP contribution is 2.40. The molecule has 0 amide bonds. The molecule has 2 aromatic rings. The van der Waals surface area contributed by atoms with Gasteiger partial charge in [-0.25, -0.2) is 13.2 Å². The van der Waals surface area contributed by atoms with Crippen LogP contribution >= 0.6 is 0 Å². The number of halogens is 5. The first-order valence-electron chi connectivity index (χ1n) is 11.1. The van der Waals surface area contributed by atoms with Crippen molar-refractivity contribution in [3.63, 3.8) is 0 Å². The first kappa shape index (κ1) is 24.5. The van der Waals surface area contributed by atoms with Crippen molar-refractivity contribution in [3.8, 4) is 5.75 Å². The van der Waals surface area contributed by atoms with E-state index < -0.39 is 35.8 Å². The number of benzene rings is 2. The standard InChI is InChI=1S/C25H29F5O2/c1-3-5-16-7-9-17(10-8-16)19-12-14-21(31-15-19)25(29,30)32-20-13-11-18(6-4-2)23(26)22(20)24(27)28/h7-11,13,19,21,24H,3-6,12,14-15H2,1-2H3. The second-order valence-electron chi connectivity index (χ2n) is 8.25. The van der Waals surface area contributed by atoms with Crippen molar-refractivity contribution in [1.82, 2.24) is 0 Å². The SMILES string of the molecule is CCCc1ccc(C2CCC(C(F)(F)Oc3ccc(CCC)c(F)c3C(F)F)OC2)cc1. The topological polar surface area (TPSA) is 18.5 Å². The highest BCUT2D eigenvalue weighted by atomic mass is 19.3. The van der Waals surface area contributed by atoms with E-state index in [1.165, 1.54) is 11.6 Å². The monoisotopic (exact) mass is 456 g/mol. The molecule has 2 atom stereocenters. The van der Waals surface area contributed by atoms with Crippen LogP contribution in [0.1, 0.15) is 74.1 Å². The molecule has 1 aliphatic rings. The van der Waals surface area contributed by atoms with E-state index in [1.807, 2.05) is 24.3 Å². The average Bonchev–Trinajstić information content (AvgIpc) is 2.76. The fraction of sp³-hybridized carbons (Fsp3) is 0.520. The Morgan fingerprint density at radius 3 is 2.25 bits per heavy atom. The van der Waals surface area contributed by atoms with Gasteiger partial charge in [0.1, 0.15) is 11.6 Å². The van der Waals surface area contributed by atoms with E-state index in [-0.39, 0.29) is 30.9 Å². The van der Waals surface area contributed by atoms with Crippen molar-refractivity contribution in [3.05, 3.63) is 64.5 Å². The third kappa shape index (κ3) is 5.61. The first-order valence-corrected chi connectivity index (χ1v) is 11.1. The Morgan fingerprint density at radius 1 is 1.00 bits per heavy atom. The Morgan fingerprint density at radius 2 is 1.69 bits per heavy atom. The van der Waals surface area contributed by atoms with Crippen LogP contribution in [0.5, 0.6) is 5.75 Å². The molecule has 0 spiro atoms. The fourth-order valence-electron chi connectivity index (χ4n) is 4.11. The molecule has 7 heteroatoms. The number of alkyl halides is 4. The summed E-state index contributed by atoms with van der Waals surface area (Å²) in [4.78, 5) is 0. The third-order valence-corrected chi connectivity index (χ3v) is 5.84. The van der Waals surface area contributed by atoms with Gasteiger partial charge in [0.25, 0.3) is 6.43 Å². The van der Waals surface area contributed by atoms with Gasteiger partial charge in [0.2, 0.25) is 0 Å². The van der Waals surface area contributed by atoms with Crippen molar-refractivity contribution in [1.29, 1.82) is 0 Å². The van der Waals surface area contributed by atoms with Gasteiger partial charge in [-0.1, -0.05) is 57.0 Å². The number of aryl methyl sites for hydroxylation is 2. The summed E-state index contributed by atoms with van der Waals surface area (Å²) in [5.74, 6) is -2.06. The fourth-order valence-corrected chi connectivity index (χ4v) is 4.11. The smallest absolute Gasteiger partial charge is 0.424 e. The molecule has 0 aliphatic carbocycles.